The summed E-state index contributed by atoms with van der Waals surface area (Å²) in [7, 11) is 1.84. The van der Waals surface area contributed by atoms with Gasteiger partial charge in [0.1, 0.15) is 0 Å². The van der Waals surface area contributed by atoms with E-state index in [0.29, 0.717) is 12.5 Å². The Morgan fingerprint density at radius 2 is 2.35 bits per heavy atom. The first-order valence-electron chi connectivity index (χ1n) is 6.11. The van der Waals surface area contributed by atoms with Crippen LogP contribution in [0, 0.1) is 0 Å². The van der Waals surface area contributed by atoms with Crippen LogP contribution in [0.15, 0.2) is 18.2 Å². The van der Waals surface area contributed by atoms with Gasteiger partial charge in [-0.05, 0) is 36.7 Å². The molecule has 1 saturated heterocycles. The van der Waals surface area contributed by atoms with Gasteiger partial charge in [0, 0.05) is 31.0 Å². The predicted octanol–water partition coefficient (Wildman–Crippen LogP) is 0.979. The Bertz CT molecular complexity index is 452. The molecule has 1 atom stereocenters. The summed E-state index contributed by atoms with van der Waals surface area (Å²) in [6.07, 6.45) is 1.69. The van der Waals surface area contributed by atoms with Crippen LogP contribution in [0.4, 0.5) is 11.4 Å². The first-order valence-corrected chi connectivity index (χ1v) is 6.11. The second-order valence-electron chi connectivity index (χ2n) is 4.81. The summed E-state index contributed by atoms with van der Waals surface area (Å²) in [5, 5.41) is 6.84. The molecule has 0 radical (unpaired) electrons. The molecule has 2 aliphatic rings. The summed E-state index contributed by atoms with van der Waals surface area (Å²) >= 11 is 0. The summed E-state index contributed by atoms with van der Waals surface area (Å²) in [6.45, 7) is 2.11. The van der Waals surface area contributed by atoms with Crippen molar-refractivity contribution >= 4 is 17.3 Å². The molecule has 0 aromatic heterocycles. The number of carbonyl (C=O) groups is 1. The van der Waals surface area contributed by atoms with E-state index in [0.717, 1.165) is 36.4 Å². The van der Waals surface area contributed by atoms with Crippen molar-refractivity contribution in [2.24, 2.45) is 0 Å². The van der Waals surface area contributed by atoms with Crippen LogP contribution in [0.1, 0.15) is 12.0 Å². The fourth-order valence-corrected chi connectivity index (χ4v) is 2.57. The molecule has 1 unspecified atom stereocenters. The van der Waals surface area contributed by atoms with Gasteiger partial charge in [-0.1, -0.05) is 0 Å². The van der Waals surface area contributed by atoms with Crippen LogP contribution < -0.4 is 15.5 Å². The third-order valence-electron chi connectivity index (χ3n) is 3.59. The van der Waals surface area contributed by atoms with Gasteiger partial charge in [0.05, 0.1) is 6.42 Å². The van der Waals surface area contributed by atoms with E-state index in [4.69, 9.17) is 0 Å². The van der Waals surface area contributed by atoms with Gasteiger partial charge in [0.15, 0.2) is 0 Å². The molecule has 90 valence electrons. The molecule has 1 aromatic rings. The van der Waals surface area contributed by atoms with Crippen LogP contribution in [0.3, 0.4) is 0 Å². The number of rotatable bonds is 2. The first-order chi connectivity index (χ1) is 8.24. The van der Waals surface area contributed by atoms with Gasteiger partial charge < -0.3 is 15.5 Å². The van der Waals surface area contributed by atoms with E-state index in [2.05, 4.69) is 22.8 Å². The number of benzene rings is 1. The number of hydrogen-bond donors (Lipinski definition) is 2. The third kappa shape index (κ3) is 1.89. The number of hydrogen-bond acceptors (Lipinski definition) is 3. The summed E-state index contributed by atoms with van der Waals surface area (Å²) in [5.74, 6) is 0.180. The van der Waals surface area contributed by atoms with Crippen molar-refractivity contribution in [2.75, 3.05) is 30.4 Å². The molecule has 0 spiro atoms. The normalized spacial score (nSPS) is 23.0. The Labute approximate surface area is 101 Å². The van der Waals surface area contributed by atoms with E-state index < -0.39 is 0 Å². The zero-order valence-electron chi connectivity index (χ0n) is 9.99. The lowest BCUT2D eigenvalue weighted by atomic mass is 10.1. The Hall–Kier alpha value is -1.55. The van der Waals surface area contributed by atoms with Gasteiger partial charge in [-0.3, -0.25) is 4.79 Å². The zero-order valence-corrected chi connectivity index (χ0v) is 9.99. The molecule has 2 N–H and O–H groups in total. The quantitative estimate of drug-likeness (QED) is 0.797. The maximum absolute atomic E-state index is 11.6. The maximum atomic E-state index is 11.6. The van der Waals surface area contributed by atoms with Crippen molar-refractivity contribution in [1.82, 2.24) is 5.32 Å². The molecule has 17 heavy (non-hydrogen) atoms. The minimum Gasteiger partial charge on any atom is -0.381 e. The van der Waals surface area contributed by atoms with Gasteiger partial charge in [0.2, 0.25) is 5.91 Å². The highest BCUT2D eigenvalue weighted by atomic mass is 16.2. The highest BCUT2D eigenvalue weighted by Crippen LogP contribution is 2.30. The second-order valence-corrected chi connectivity index (χ2v) is 4.81. The molecule has 1 fully saturated rings. The Morgan fingerprint density at radius 1 is 1.47 bits per heavy atom. The van der Waals surface area contributed by atoms with Crippen molar-refractivity contribution in [3.63, 3.8) is 0 Å². The van der Waals surface area contributed by atoms with Gasteiger partial charge in [-0.2, -0.15) is 0 Å². The van der Waals surface area contributed by atoms with Crippen molar-refractivity contribution in [3.8, 4) is 0 Å². The van der Waals surface area contributed by atoms with Crippen molar-refractivity contribution in [1.29, 1.82) is 0 Å². The van der Waals surface area contributed by atoms with E-state index in [1.165, 1.54) is 0 Å². The lowest BCUT2D eigenvalue weighted by Crippen LogP contribution is -2.22. The number of amides is 1. The topological polar surface area (TPSA) is 44.4 Å². The molecule has 0 saturated carbocycles. The average Bonchev–Trinajstić information content (AvgIpc) is 2.89. The Kier molecular flexibility index (Phi) is 2.52. The number of nitrogens with one attached hydrogen (secondary N) is 2. The van der Waals surface area contributed by atoms with E-state index in [-0.39, 0.29) is 5.91 Å². The number of nitrogens with zero attached hydrogens (tertiary/aromatic N) is 1. The van der Waals surface area contributed by atoms with E-state index in [9.17, 15) is 4.79 Å². The number of anilines is 2. The third-order valence-corrected chi connectivity index (χ3v) is 3.59. The smallest absolute Gasteiger partial charge is 0.231 e. The van der Waals surface area contributed by atoms with Crippen LogP contribution >= 0.6 is 0 Å². The number of likely N-dealkylation sites (N-methyl/N-ethyl adjacent to an activating group) is 1. The van der Waals surface area contributed by atoms with Crippen molar-refractivity contribution in [2.45, 2.75) is 18.9 Å². The van der Waals surface area contributed by atoms with Crippen LogP contribution in [-0.4, -0.2) is 32.1 Å². The van der Waals surface area contributed by atoms with Crippen LogP contribution in [0.2, 0.25) is 0 Å². The monoisotopic (exact) mass is 231 g/mol. The van der Waals surface area contributed by atoms with Gasteiger partial charge in [-0.15, -0.1) is 0 Å². The predicted molar refractivity (Wildman–Crippen MR) is 68.5 cm³/mol. The standard InChI is InChI=1S/C13H17N3O/c1-16-12-3-2-10(6-9(12)7-13(16)17)15-11-4-5-14-8-11/h2-3,6,11,14-15H,4-5,7-8H2,1H3. The van der Waals surface area contributed by atoms with E-state index >= 15 is 0 Å². The van der Waals surface area contributed by atoms with E-state index in [1.54, 1.807) is 4.90 Å². The van der Waals surface area contributed by atoms with Crippen molar-refractivity contribution < 1.29 is 4.79 Å². The lowest BCUT2D eigenvalue weighted by Gasteiger charge is -2.15. The van der Waals surface area contributed by atoms with Gasteiger partial charge in [0.25, 0.3) is 0 Å². The average molecular weight is 231 g/mol. The van der Waals surface area contributed by atoms with Crippen LogP contribution in [0.5, 0.6) is 0 Å². The fraction of sp³-hybridized carbons (Fsp3) is 0.462. The summed E-state index contributed by atoms with van der Waals surface area (Å²) in [4.78, 5) is 13.3. The van der Waals surface area contributed by atoms with Crippen LogP contribution in [-0.2, 0) is 11.2 Å². The summed E-state index contributed by atoms with van der Waals surface area (Å²) < 4.78 is 0. The molecule has 4 nitrogen and oxygen atoms in total. The molecule has 1 aromatic carbocycles. The summed E-state index contributed by atoms with van der Waals surface area (Å²) in [6, 6.07) is 6.72. The molecular weight excluding hydrogens is 214 g/mol. The molecule has 1 amide bonds. The fourth-order valence-electron chi connectivity index (χ4n) is 2.57. The van der Waals surface area contributed by atoms with Gasteiger partial charge in [-0.25, -0.2) is 0 Å². The maximum Gasteiger partial charge on any atom is 0.231 e. The first kappa shape index (κ1) is 10.6. The summed E-state index contributed by atoms with van der Waals surface area (Å²) in [5.41, 5.74) is 3.30. The van der Waals surface area contributed by atoms with E-state index in [1.807, 2.05) is 13.1 Å². The van der Waals surface area contributed by atoms with Crippen molar-refractivity contribution in [3.05, 3.63) is 23.8 Å². The molecule has 2 aliphatic heterocycles. The number of fused-ring (bicyclic) bond motifs is 1. The van der Waals surface area contributed by atoms with Gasteiger partial charge >= 0.3 is 0 Å². The van der Waals surface area contributed by atoms with Crippen LogP contribution in [0.25, 0.3) is 0 Å². The lowest BCUT2D eigenvalue weighted by molar-refractivity contribution is -0.117. The molecule has 4 heteroatoms. The molecule has 0 bridgehead atoms. The highest BCUT2D eigenvalue weighted by Gasteiger charge is 2.24. The minimum absolute atomic E-state index is 0.180. The molecule has 2 heterocycles. The molecule has 3 rings (SSSR count). The number of carbonyl (C=O) groups excluding carboxylic acids is 1. The highest BCUT2D eigenvalue weighted by molar-refractivity contribution is 6.01. The second kappa shape index (κ2) is 4.04. The Morgan fingerprint density at radius 3 is 3.12 bits per heavy atom. The SMILES string of the molecule is CN1C(=O)Cc2cc(NC3CCNC3)ccc21. The molecule has 0 aliphatic carbocycles. The zero-order chi connectivity index (χ0) is 11.8. The molecular formula is C13H17N3O. The minimum atomic E-state index is 0.180. The largest absolute Gasteiger partial charge is 0.381 e. The Balaban J connectivity index is 1.80.